The van der Waals surface area contributed by atoms with E-state index < -0.39 is 17.8 Å². The maximum absolute atomic E-state index is 13.1. The van der Waals surface area contributed by atoms with E-state index in [9.17, 15) is 14.4 Å². The van der Waals surface area contributed by atoms with Crippen molar-refractivity contribution >= 4 is 61.5 Å². The SMILES string of the molecule is COc1cc(/C=C2\C(=O)NC(=O)N(c3ccc(Br)cc3)C2=O)cc(Br)c1OCc1ccccc1. The van der Waals surface area contributed by atoms with Crippen molar-refractivity contribution in [1.29, 1.82) is 0 Å². The van der Waals surface area contributed by atoms with Gasteiger partial charge in [-0.25, -0.2) is 9.69 Å². The van der Waals surface area contributed by atoms with E-state index in [1.165, 1.54) is 13.2 Å². The minimum absolute atomic E-state index is 0.186. The number of barbiturate groups is 1. The first kappa shape index (κ1) is 23.7. The molecule has 1 heterocycles. The van der Waals surface area contributed by atoms with Crippen LogP contribution in [0.4, 0.5) is 10.5 Å². The van der Waals surface area contributed by atoms with Crippen LogP contribution in [0.5, 0.6) is 11.5 Å². The van der Waals surface area contributed by atoms with E-state index in [-0.39, 0.29) is 5.57 Å². The molecule has 0 radical (unpaired) electrons. The summed E-state index contributed by atoms with van der Waals surface area (Å²) in [7, 11) is 1.50. The topological polar surface area (TPSA) is 84.9 Å². The number of methoxy groups -OCH3 is 1. The highest BCUT2D eigenvalue weighted by Gasteiger charge is 2.36. The number of ether oxygens (including phenoxy) is 2. The molecule has 7 nitrogen and oxygen atoms in total. The summed E-state index contributed by atoms with van der Waals surface area (Å²) < 4.78 is 12.8. The van der Waals surface area contributed by atoms with E-state index in [0.717, 1.165) is 14.9 Å². The largest absolute Gasteiger partial charge is 0.493 e. The van der Waals surface area contributed by atoms with Gasteiger partial charge in [0.15, 0.2) is 11.5 Å². The van der Waals surface area contributed by atoms with Gasteiger partial charge in [0.05, 0.1) is 17.3 Å². The summed E-state index contributed by atoms with van der Waals surface area (Å²) in [6.45, 7) is 0.335. The van der Waals surface area contributed by atoms with E-state index in [1.54, 1.807) is 36.4 Å². The summed E-state index contributed by atoms with van der Waals surface area (Å²) in [5.74, 6) is -0.598. The molecule has 1 fully saturated rings. The number of hydrogen-bond donors (Lipinski definition) is 1. The molecule has 1 N–H and O–H groups in total. The van der Waals surface area contributed by atoms with Crippen molar-refractivity contribution in [2.24, 2.45) is 0 Å². The van der Waals surface area contributed by atoms with Gasteiger partial charge in [-0.05, 0) is 69.5 Å². The summed E-state index contributed by atoms with van der Waals surface area (Å²) in [6, 6.07) is 18.8. The van der Waals surface area contributed by atoms with Crippen LogP contribution in [0.25, 0.3) is 6.08 Å². The smallest absolute Gasteiger partial charge is 0.335 e. The molecule has 1 aliphatic heterocycles. The van der Waals surface area contributed by atoms with Crippen molar-refractivity contribution in [3.63, 3.8) is 0 Å². The number of halogens is 2. The van der Waals surface area contributed by atoms with E-state index in [2.05, 4.69) is 37.2 Å². The summed E-state index contributed by atoms with van der Waals surface area (Å²) in [6.07, 6.45) is 1.41. The lowest BCUT2D eigenvalue weighted by atomic mass is 10.1. The van der Waals surface area contributed by atoms with Crippen LogP contribution in [0.1, 0.15) is 11.1 Å². The Morgan fingerprint density at radius 2 is 1.68 bits per heavy atom. The number of nitrogens with one attached hydrogen (secondary N) is 1. The summed E-state index contributed by atoms with van der Waals surface area (Å²) in [5.41, 5.74) is 1.66. The van der Waals surface area contributed by atoms with Crippen molar-refractivity contribution < 1.29 is 23.9 Å². The number of amides is 4. The second kappa shape index (κ2) is 10.2. The minimum atomic E-state index is -0.808. The molecule has 0 unspecified atom stereocenters. The van der Waals surface area contributed by atoms with Gasteiger partial charge in [-0.3, -0.25) is 14.9 Å². The van der Waals surface area contributed by atoms with Crippen LogP contribution in [-0.4, -0.2) is 25.0 Å². The Hall–Kier alpha value is -3.43. The third-order valence-electron chi connectivity index (χ3n) is 4.98. The number of carbonyl (C=O) groups excluding carboxylic acids is 3. The fourth-order valence-corrected chi connectivity index (χ4v) is 4.18. The van der Waals surface area contributed by atoms with Gasteiger partial charge in [0.2, 0.25) is 0 Å². The zero-order chi connectivity index (χ0) is 24.2. The van der Waals surface area contributed by atoms with Crippen molar-refractivity contribution in [3.8, 4) is 11.5 Å². The molecule has 3 aromatic carbocycles. The van der Waals surface area contributed by atoms with Crippen LogP contribution in [0.15, 0.2) is 81.2 Å². The lowest BCUT2D eigenvalue weighted by Crippen LogP contribution is -2.54. The van der Waals surface area contributed by atoms with Crippen LogP contribution >= 0.6 is 31.9 Å². The van der Waals surface area contributed by atoms with Gasteiger partial charge in [-0.1, -0.05) is 46.3 Å². The molecule has 4 rings (SSSR count). The summed E-state index contributed by atoms with van der Waals surface area (Å²) in [4.78, 5) is 38.9. The molecular formula is C25H18Br2N2O5. The highest BCUT2D eigenvalue weighted by molar-refractivity contribution is 9.10. The van der Waals surface area contributed by atoms with Gasteiger partial charge in [0, 0.05) is 4.47 Å². The Morgan fingerprint density at radius 3 is 2.35 bits per heavy atom. The van der Waals surface area contributed by atoms with Crippen LogP contribution in [-0.2, 0) is 16.2 Å². The molecule has 0 aromatic heterocycles. The Kier molecular flexibility index (Phi) is 7.14. The first-order chi connectivity index (χ1) is 16.4. The maximum Gasteiger partial charge on any atom is 0.335 e. The minimum Gasteiger partial charge on any atom is -0.493 e. The monoisotopic (exact) mass is 584 g/mol. The number of carbonyl (C=O) groups is 3. The van der Waals surface area contributed by atoms with Crippen LogP contribution in [0.2, 0.25) is 0 Å². The van der Waals surface area contributed by atoms with Gasteiger partial charge < -0.3 is 9.47 Å². The molecule has 1 aliphatic rings. The first-order valence-corrected chi connectivity index (χ1v) is 11.7. The van der Waals surface area contributed by atoms with E-state index in [0.29, 0.717) is 33.8 Å². The average molecular weight is 586 g/mol. The maximum atomic E-state index is 13.1. The molecule has 0 saturated carbocycles. The van der Waals surface area contributed by atoms with E-state index in [4.69, 9.17) is 9.47 Å². The lowest BCUT2D eigenvalue weighted by molar-refractivity contribution is -0.122. The highest BCUT2D eigenvalue weighted by Crippen LogP contribution is 2.38. The second-order valence-electron chi connectivity index (χ2n) is 7.24. The molecule has 4 amide bonds. The summed E-state index contributed by atoms with van der Waals surface area (Å²) >= 11 is 6.80. The number of rotatable bonds is 6. The normalized spacial score (nSPS) is 14.9. The van der Waals surface area contributed by atoms with E-state index >= 15 is 0 Å². The summed E-state index contributed by atoms with van der Waals surface area (Å²) in [5, 5.41) is 2.22. The lowest BCUT2D eigenvalue weighted by Gasteiger charge is -2.26. The molecule has 0 atom stereocenters. The highest BCUT2D eigenvalue weighted by atomic mass is 79.9. The van der Waals surface area contributed by atoms with E-state index in [1.807, 2.05) is 30.3 Å². The predicted octanol–water partition coefficient (Wildman–Crippen LogP) is 5.47. The molecule has 0 spiro atoms. The fraction of sp³-hybridized carbons (Fsp3) is 0.0800. The number of nitrogens with zero attached hydrogens (tertiary/aromatic N) is 1. The van der Waals surface area contributed by atoms with Crippen LogP contribution < -0.4 is 19.7 Å². The first-order valence-electron chi connectivity index (χ1n) is 10.1. The van der Waals surface area contributed by atoms with Crippen molar-refractivity contribution in [2.75, 3.05) is 12.0 Å². The van der Waals surface area contributed by atoms with Gasteiger partial charge in [0.25, 0.3) is 11.8 Å². The molecule has 0 bridgehead atoms. The number of hydrogen-bond acceptors (Lipinski definition) is 5. The molecule has 34 heavy (non-hydrogen) atoms. The average Bonchev–Trinajstić information content (AvgIpc) is 2.82. The molecule has 172 valence electrons. The predicted molar refractivity (Wildman–Crippen MR) is 135 cm³/mol. The zero-order valence-corrected chi connectivity index (χ0v) is 21.1. The Labute approximate surface area is 212 Å². The van der Waals surface area contributed by atoms with Crippen LogP contribution in [0, 0.1) is 0 Å². The third-order valence-corrected chi connectivity index (χ3v) is 6.09. The van der Waals surface area contributed by atoms with Crippen molar-refractivity contribution in [1.82, 2.24) is 5.32 Å². The third kappa shape index (κ3) is 5.05. The number of urea groups is 1. The Balaban J connectivity index is 1.64. The molecule has 9 heteroatoms. The standard InChI is InChI=1S/C25H18Br2N2O5/c1-33-21-13-16(12-20(27)22(21)34-14-15-5-3-2-4-6-15)11-19-23(30)28-25(32)29(24(19)31)18-9-7-17(26)8-10-18/h2-13H,14H2,1H3,(H,28,30,32)/b19-11+. The van der Waals surface area contributed by atoms with Gasteiger partial charge in [0.1, 0.15) is 12.2 Å². The van der Waals surface area contributed by atoms with Crippen molar-refractivity contribution in [3.05, 3.63) is 92.4 Å². The number of anilines is 1. The Bertz CT molecular complexity index is 1290. The van der Waals surface area contributed by atoms with Crippen molar-refractivity contribution in [2.45, 2.75) is 6.61 Å². The van der Waals surface area contributed by atoms with Gasteiger partial charge in [-0.15, -0.1) is 0 Å². The zero-order valence-electron chi connectivity index (χ0n) is 17.9. The van der Waals surface area contributed by atoms with Gasteiger partial charge >= 0.3 is 6.03 Å². The number of imide groups is 2. The molecule has 3 aromatic rings. The number of benzene rings is 3. The fourth-order valence-electron chi connectivity index (χ4n) is 3.34. The van der Waals surface area contributed by atoms with Gasteiger partial charge in [-0.2, -0.15) is 0 Å². The Morgan fingerprint density at radius 1 is 0.971 bits per heavy atom. The molecule has 1 saturated heterocycles. The van der Waals surface area contributed by atoms with Crippen LogP contribution in [0.3, 0.4) is 0 Å². The molecule has 0 aliphatic carbocycles. The second-order valence-corrected chi connectivity index (χ2v) is 9.01. The molecular weight excluding hydrogens is 568 g/mol. The quantitative estimate of drug-likeness (QED) is 0.306.